The van der Waals surface area contributed by atoms with Crippen LogP contribution < -0.4 is 16.4 Å². The number of carboxylic acid groups (broad SMARTS) is 1. The molecule has 6 rings (SSSR count). The van der Waals surface area contributed by atoms with E-state index in [9.17, 15) is 39.0 Å². The van der Waals surface area contributed by atoms with E-state index >= 15 is 0 Å². The normalized spacial score (nSPS) is 21.0. The number of aliphatic hydroxyl groups is 1. The Labute approximate surface area is 312 Å². The zero-order valence-electron chi connectivity index (χ0n) is 30.6. The molecule has 2 aromatic carbocycles. The summed E-state index contributed by atoms with van der Waals surface area (Å²) in [7, 11) is 0. The van der Waals surface area contributed by atoms with Crippen molar-refractivity contribution < 1.29 is 39.0 Å². The summed E-state index contributed by atoms with van der Waals surface area (Å²) in [6, 6.07) is 10.1. The third kappa shape index (κ3) is 8.07. The number of nitrogens with one attached hydrogen (secondary N) is 2. The van der Waals surface area contributed by atoms with E-state index in [0.29, 0.717) is 17.7 Å². The Morgan fingerprint density at radius 1 is 1.00 bits per heavy atom. The number of rotatable bonds is 11. The molecular weight excluding hydrogens is 696 g/mol. The lowest BCUT2D eigenvalue weighted by Crippen LogP contribution is -2.65. The second-order valence-corrected chi connectivity index (χ2v) is 15.4. The molecule has 16 nitrogen and oxygen atoms in total. The number of fused-ring (bicyclic) bond motifs is 1. The molecular formula is C38H48N8O8. The molecule has 288 valence electrons. The Morgan fingerprint density at radius 2 is 1.69 bits per heavy atom. The highest BCUT2D eigenvalue weighted by Crippen LogP contribution is 2.34. The average molecular weight is 745 g/mol. The van der Waals surface area contributed by atoms with Gasteiger partial charge in [0.2, 0.25) is 17.6 Å². The molecule has 3 heterocycles. The summed E-state index contributed by atoms with van der Waals surface area (Å²) in [5.41, 5.74) is 3.00. The fraction of sp³-hybridized carbons (Fsp3) is 0.526. The van der Waals surface area contributed by atoms with Gasteiger partial charge in [0, 0.05) is 31.6 Å². The van der Waals surface area contributed by atoms with Gasteiger partial charge in [-0.25, -0.2) is 9.48 Å². The van der Waals surface area contributed by atoms with Gasteiger partial charge in [0.15, 0.2) is 0 Å². The Hall–Kier alpha value is -5.38. The SMILES string of the molecule is CC(C)(O)c1cnnn1[C@H]1C[C@@H](C(=O)NC2(C(=O)C(N)=O)CCN(C(=O)O)CC2)N(C(=O)C(CC2CCCCC2)NC(=O)c2ccc3ccccc3c2)C1. The number of benzene rings is 2. The average Bonchev–Trinajstić information content (AvgIpc) is 3.83. The summed E-state index contributed by atoms with van der Waals surface area (Å²) in [4.78, 5) is 82.8. The highest BCUT2D eigenvalue weighted by molar-refractivity contribution is 6.39. The fourth-order valence-electron chi connectivity index (χ4n) is 8.23. The van der Waals surface area contributed by atoms with E-state index in [4.69, 9.17) is 5.73 Å². The van der Waals surface area contributed by atoms with Gasteiger partial charge >= 0.3 is 6.09 Å². The first-order valence-corrected chi connectivity index (χ1v) is 18.5. The first kappa shape index (κ1) is 38.3. The summed E-state index contributed by atoms with van der Waals surface area (Å²) in [6.45, 7) is 2.82. The van der Waals surface area contributed by atoms with Gasteiger partial charge < -0.3 is 36.4 Å². The largest absolute Gasteiger partial charge is 0.465 e. The number of amides is 5. The van der Waals surface area contributed by atoms with Crippen molar-refractivity contribution in [3.63, 3.8) is 0 Å². The Balaban J connectivity index is 1.33. The van der Waals surface area contributed by atoms with E-state index in [1.54, 1.807) is 26.0 Å². The first-order valence-electron chi connectivity index (χ1n) is 18.5. The molecule has 5 amide bonds. The quantitative estimate of drug-likeness (QED) is 0.180. The molecule has 0 spiro atoms. The third-order valence-electron chi connectivity index (χ3n) is 11.2. The highest BCUT2D eigenvalue weighted by atomic mass is 16.4. The Kier molecular flexibility index (Phi) is 11.0. The van der Waals surface area contributed by atoms with E-state index in [2.05, 4.69) is 20.9 Å². The van der Waals surface area contributed by atoms with Gasteiger partial charge in [0.1, 0.15) is 23.2 Å². The lowest BCUT2D eigenvalue weighted by molar-refractivity contribution is -0.146. The van der Waals surface area contributed by atoms with Crippen LogP contribution in [0.5, 0.6) is 0 Å². The molecule has 3 aromatic rings. The summed E-state index contributed by atoms with van der Waals surface area (Å²) >= 11 is 0. The van der Waals surface area contributed by atoms with Crippen molar-refractivity contribution in [3.8, 4) is 0 Å². The number of hydrogen-bond acceptors (Lipinski definition) is 9. The first-order chi connectivity index (χ1) is 25.7. The molecule has 16 heteroatoms. The van der Waals surface area contributed by atoms with Gasteiger partial charge in [-0.2, -0.15) is 0 Å². The summed E-state index contributed by atoms with van der Waals surface area (Å²) in [5, 5.41) is 36.2. The van der Waals surface area contributed by atoms with Crippen molar-refractivity contribution in [2.24, 2.45) is 11.7 Å². The zero-order valence-corrected chi connectivity index (χ0v) is 30.6. The maximum absolute atomic E-state index is 14.9. The smallest absolute Gasteiger partial charge is 0.407 e. The topological polar surface area (TPSA) is 230 Å². The van der Waals surface area contributed by atoms with Crippen LogP contribution in [-0.4, -0.2) is 108 Å². The number of hydrogen-bond donors (Lipinski definition) is 5. The minimum absolute atomic E-state index is 0.000869. The predicted molar refractivity (Wildman–Crippen MR) is 195 cm³/mol. The summed E-state index contributed by atoms with van der Waals surface area (Å²) in [6.07, 6.45) is 5.03. The molecule has 1 unspecified atom stereocenters. The van der Waals surface area contributed by atoms with Gasteiger partial charge in [0.05, 0.1) is 17.9 Å². The number of likely N-dealkylation sites (tertiary alicyclic amines) is 2. The van der Waals surface area contributed by atoms with Crippen molar-refractivity contribution in [2.75, 3.05) is 19.6 Å². The second-order valence-electron chi connectivity index (χ2n) is 15.4. The van der Waals surface area contributed by atoms with E-state index in [1.165, 1.54) is 15.8 Å². The number of ketones is 1. The number of aromatic nitrogens is 3. The molecule has 54 heavy (non-hydrogen) atoms. The number of carbonyl (C=O) groups is 6. The highest BCUT2D eigenvalue weighted by Gasteiger charge is 2.50. The third-order valence-corrected chi connectivity index (χ3v) is 11.2. The number of piperidine rings is 1. The number of nitrogens with zero attached hydrogens (tertiary/aromatic N) is 5. The van der Waals surface area contributed by atoms with Crippen molar-refractivity contribution in [3.05, 3.63) is 59.9 Å². The molecule has 0 bridgehead atoms. The van der Waals surface area contributed by atoms with E-state index in [1.807, 2.05) is 30.3 Å². The molecule has 1 saturated carbocycles. The van der Waals surface area contributed by atoms with Gasteiger partial charge in [0.25, 0.3) is 11.8 Å². The number of nitrogens with two attached hydrogens (primary N) is 1. The van der Waals surface area contributed by atoms with Crippen molar-refractivity contribution in [1.82, 2.24) is 35.4 Å². The van der Waals surface area contributed by atoms with Crippen LogP contribution in [0.4, 0.5) is 4.79 Å². The van der Waals surface area contributed by atoms with Crippen molar-refractivity contribution in [1.29, 1.82) is 0 Å². The zero-order chi connectivity index (χ0) is 38.8. The molecule has 1 aliphatic carbocycles. The summed E-state index contributed by atoms with van der Waals surface area (Å²) < 4.78 is 1.48. The van der Waals surface area contributed by atoms with Crippen LogP contribution >= 0.6 is 0 Å². The molecule has 6 N–H and O–H groups in total. The van der Waals surface area contributed by atoms with Crippen LogP contribution in [0.25, 0.3) is 10.8 Å². The van der Waals surface area contributed by atoms with Gasteiger partial charge in [-0.3, -0.25) is 24.0 Å². The van der Waals surface area contributed by atoms with Crippen LogP contribution in [0, 0.1) is 5.92 Å². The van der Waals surface area contributed by atoms with E-state index < -0.39 is 64.8 Å². The van der Waals surface area contributed by atoms with Crippen molar-refractivity contribution in [2.45, 2.75) is 101 Å². The Morgan fingerprint density at radius 3 is 2.33 bits per heavy atom. The minimum atomic E-state index is -1.79. The number of carbonyl (C=O) groups excluding carboxylic acids is 5. The number of primary amides is 1. The lowest BCUT2D eigenvalue weighted by atomic mass is 9.82. The lowest BCUT2D eigenvalue weighted by Gasteiger charge is -2.40. The molecule has 3 atom stereocenters. The monoisotopic (exact) mass is 744 g/mol. The van der Waals surface area contributed by atoms with E-state index in [-0.39, 0.29) is 44.8 Å². The minimum Gasteiger partial charge on any atom is -0.465 e. The van der Waals surface area contributed by atoms with Crippen molar-refractivity contribution >= 4 is 46.3 Å². The van der Waals surface area contributed by atoms with Gasteiger partial charge in [-0.1, -0.05) is 67.6 Å². The van der Waals surface area contributed by atoms with Crippen LogP contribution in [0.3, 0.4) is 0 Å². The van der Waals surface area contributed by atoms with Crippen LogP contribution in [0.1, 0.15) is 93.7 Å². The molecule has 3 aliphatic rings. The maximum Gasteiger partial charge on any atom is 0.407 e. The van der Waals surface area contributed by atoms with E-state index in [0.717, 1.165) is 47.8 Å². The fourth-order valence-corrected chi connectivity index (χ4v) is 8.23. The number of Topliss-reactive ketones (excluding diaryl/α,β-unsaturated/α-hetero) is 1. The molecule has 2 saturated heterocycles. The summed E-state index contributed by atoms with van der Waals surface area (Å²) in [5.74, 6) is -3.87. The van der Waals surface area contributed by atoms with Crippen LogP contribution in [-0.2, 0) is 24.8 Å². The molecule has 1 aromatic heterocycles. The predicted octanol–water partition coefficient (Wildman–Crippen LogP) is 2.25. The van der Waals surface area contributed by atoms with Crippen LogP contribution in [0.15, 0.2) is 48.7 Å². The van der Waals surface area contributed by atoms with Gasteiger partial charge in [-0.05, 0) is 61.9 Å². The van der Waals surface area contributed by atoms with Crippen LogP contribution in [0.2, 0.25) is 0 Å². The molecule has 0 radical (unpaired) electrons. The molecule has 2 aliphatic heterocycles. The Bertz CT molecular complexity index is 1920. The standard InChI is InChI=1S/C38H48N8O8/c1-37(2,54)30-21-40-43-46(30)27-20-29(34(50)42-38(31(47)32(39)48)14-16-44(17-15-38)36(52)53)45(22-27)35(51)28(18-23-8-4-3-5-9-23)41-33(49)26-13-12-24-10-6-7-11-25(24)19-26/h6-7,10-13,19,21,23,27-29,54H,3-5,8-9,14-18,20,22H2,1-2H3,(H2,39,48)(H,41,49)(H,42,50)(H,52,53)/t27-,28?,29-/m0/s1. The molecule has 3 fully saturated rings. The maximum atomic E-state index is 14.9. The second kappa shape index (κ2) is 15.5. The van der Waals surface area contributed by atoms with Gasteiger partial charge in [-0.15, -0.1) is 5.10 Å².